The summed E-state index contributed by atoms with van der Waals surface area (Å²) in [6.45, 7) is 0. The first-order valence-electron chi connectivity index (χ1n) is 5.14. The van der Waals surface area contributed by atoms with Gasteiger partial charge in [0.2, 0.25) is 0 Å². The number of aldehydes is 1. The third-order valence-corrected chi connectivity index (χ3v) is 2.75. The maximum atomic E-state index is 10.8. The summed E-state index contributed by atoms with van der Waals surface area (Å²) in [5.74, 6) is 0.567. The molecular weight excluding hydrogens is 236 g/mol. The summed E-state index contributed by atoms with van der Waals surface area (Å²) in [6, 6.07) is 13.0. The number of ether oxygens (including phenoxy) is 1. The quantitative estimate of drug-likeness (QED) is 0.770. The molecule has 0 saturated carbocycles. The number of halogens is 1. The Morgan fingerprint density at radius 2 is 1.88 bits per heavy atom. The summed E-state index contributed by atoms with van der Waals surface area (Å²) in [5.41, 5.74) is 2.50. The Labute approximate surface area is 105 Å². The van der Waals surface area contributed by atoms with Gasteiger partial charge in [0.25, 0.3) is 0 Å². The zero-order valence-corrected chi connectivity index (χ0v) is 10.1. The van der Waals surface area contributed by atoms with Gasteiger partial charge in [-0.1, -0.05) is 29.8 Å². The molecule has 0 N–H and O–H groups in total. The first-order valence-corrected chi connectivity index (χ1v) is 5.51. The summed E-state index contributed by atoms with van der Waals surface area (Å²) >= 11 is 5.94. The molecule has 0 aliphatic heterocycles. The number of hydrogen-bond donors (Lipinski definition) is 0. The highest BCUT2D eigenvalue weighted by molar-refractivity contribution is 6.30. The largest absolute Gasteiger partial charge is 0.496 e. The van der Waals surface area contributed by atoms with E-state index in [0.29, 0.717) is 16.3 Å². The van der Waals surface area contributed by atoms with Gasteiger partial charge in [-0.15, -0.1) is 0 Å². The average molecular weight is 247 g/mol. The van der Waals surface area contributed by atoms with Crippen LogP contribution in [-0.2, 0) is 0 Å². The van der Waals surface area contributed by atoms with Gasteiger partial charge in [-0.25, -0.2) is 0 Å². The Morgan fingerprint density at radius 3 is 2.53 bits per heavy atom. The van der Waals surface area contributed by atoms with Crippen LogP contribution in [-0.4, -0.2) is 13.4 Å². The Bertz CT molecular complexity index is 550. The van der Waals surface area contributed by atoms with Crippen molar-refractivity contribution < 1.29 is 9.53 Å². The standard InChI is InChI=1S/C14H11ClO2/c1-17-14-8-11(5-6-12(14)9-16)10-3-2-4-13(15)7-10/h2-9H,1H3. The second-order valence-corrected chi connectivity index (χ2v) is 4.02. The van der Waals surface area contributed by atoms with Gasteiger partial charge in [0.15, 0.2) is 6.29 Å². The minimum Gasteiger partial charge on any atom is -0.496 e. The molecule has 0 atom stereocenters. The molecule has 2 aromatic rings. The van der Waals surface area contributed by atoms with E-state index in [1.807, 2.05) is 36.4 Å². The molecule has 3 heteroatoms. The van der Waals surface area contributed by atoms with Crippen molar-refractivity contribution in [2.24, 2.45) is 0 Å². The first kappa shape index (κ1) is 11.7. The molecule has 2 rings (SSSR count). The van der Waals surface area contributed by atoms with Crippen molar-refractivity contribution in [1.29, 1.82) is 0 Å². The van der Waals surface area contributed by atoms with E-state index in [-0.39, 0.29) is 0 Å². The van der Waals surface area contributed by atoms with Crippen LogP contribution < -0.4 is 4.74 Å². The van der Waals surface area contributed by atoms with Crippen LogP contribution in [0, 0.1) is 0 Å². The van der Waals surface area contributed by atoms with Crippen molar-refractivity contribution in [3.05, 3.63) is 53.1 Å². The topological polar surface area (TPSA) is 26.3 Å². The molecule has 0 saturated heterocycles. The van der Waals surface area contributed by atoms with Crippen molar-refractivity contribution in [1.82, 2.24) is 0 Å². The molecular formula is C14H11ClO2. The van der Waals surface area contributed by atoms with Gasteiger partial charge in [0.05, 0.1) is 12.7 Å². The van der Waals surface area contributed by atoms with Crippen LogP contribution in [0.25, 0.3) is 11.1 Å². The van der Waals surface area contributed by atoms with E-state index in [2.05, 4.69) is 0 Å². The smallest absolute Gasteiger partial charge is 0.153 e. The van der Waals surface area contributed by atoms with Crippen LogP contribution in [0.15, 0.2) is 42.5 Å². The Hall–Kier alpha value is -1.80. The summed E-state index contributed by atoms with van der Waals surface area (Å²) in [6.07, 6.45) is 0.778. The van der Waals surface area contributed by atoms with E-state index in [9.17, 15) is 4.79 Å². The number of rotatable bonds is 3. The number of carbonyl (C=O) groups is 1. The van der Waals surface area contributed by atoms with Crippen LogP contribution in [0.1, 0.15) is 10.4 Å². The molecule has 0 aromatic heterocycles. The fraction of sp³-hybridized carbons (Fsp3) is 0.0714. The molecule has 2 aromatic carbocycles. The highest BCUT2D eigenvalue weighted by Crippen LogP contribution is 2.27. The summed E-state index contributed by atoms with van der Waals surface area (Å²) in [4.78, 5) is 10.8. The number of hydrogen-bond acceptors (Lipinski definition) is 2. The summed E-state index contributed by atoms with van der Waals surface area (Å²) in [5, 5.41) is 0.681. The molecule has 2 nitrogen and oxygen atoms in total. The van der Waals surface area contributed by atoms with Gasteiger partial charge in [-0.3, -0.25) is 4.79 Å². The Morgan fingerprint density at radius 1 is 1.12 bits per heavy atom. The van der Waals surface area contributed by atoms with Crippen molar-refractivity contribution in [3.8, 4) is 16.9 Å². The zero-order chi connectivity index (χ0) is 12.3. The molecule has 86 valence electrons. The van der Waals surface area contributed by atoms with E-state index in [1.165, 1.54) is 0 Å². The second kappa shape index (κ2) is 5.02. The van der Waals surface area contributed by atoms with Crippen LogP contribution in [0.3, 0.4) is 0 Å². The van der Waals surface area contributed by atoms with Crippen molar-refractivity contribution in [2.45, 2.75) is 0 Å². The maximum Gasteiger partial charge on any atom is 0.153 e. The molecule has 17 heavy (non-hydrogen) atoms. The van der Waals surface area contributed by atoms with Gasteiger partial charge >= 0.3 is 0 Å². The summed E-state index contributed by atoms with van der Waals surface area (Å²) in [7, 11) is 1.55. The lowest BCUT2D eigenvalue weighted by Gasteiger charge is -2.07. The van der Waals surface area contributed by atoms with Crippen LogP contribution in [0.5, 0.6) is 5.75 Å². The molecule has 0 amide bonds. The Balaban J connectivity index is 2.50. The van der Waals surface area contributed by atoms with E-state index in [1.54, 1.807) is 13.2 Å². The molecule has 0 aliphatic carbocycles. The second-order valence-electron chi connectivity index (χ2n) is 3.58. The Kier molecular flexibility index (Phi) is 3.45. The molecule has 0 spiro atoms. The minimum atomic E-state index is 0.540. The van der Waals surface area contributed by atoms with E-state index in [4.69, 9.17) is 16.3 Å². The molecule has 0 heterocycles. The first-order chi connectivity index (χ1) is 8.24. The lowest BCUT2D eigenvalue weighted by atomic mass is 10.0. The predicted molar refractivity (Wildman–Crippen MR) is 68.8 cm³/mol. The van der Waals surface area contributed by atoms with Gasteiger partial charge in [-0.2, -0.15) is 0 Å². The van der Waals surface area contributed by atoms with Crippen LogP contribution in [0.4, 0.5) is 0 Å². The lowest BCUT2D eigenvalue weighted by Crippen LogP contribution is -1.91. The number of benzene rings is 2. The fourth-order valence-corrected chi connectivity index (χ4v) is 1.85. The van der Waals surface area contributed by atoms with Crippen molar-refractivity contribution >= 4 is 17.9 Å². The monoisotopic (exact) mass is 246 g/mol. The number of methoxy groups -OCH3 is 1. The van der Waals surface area contributed by atoms with Crippen LogP contribution in [0.2, 0.25) is 5.02 Å². The highest BCUT2D eigenvalue weighted by atomic mass is 35.5. The van der Waals surface area contributed by atoms with E-state index in [0.717, 1.165) is 17.4 Å². The van der Waals surface area contributed by atoms with Gasteiger partial charge < -0.3 is 4.74 Å². The van der Waals surface area contributed by atoms with E-state index < -0.39 is 0 Å². The third-order valence-electron chi connectivity index (χ3n) is 2.52. The molecule has 0 radical (unpaired) electrons. The fourth-order valence-electron chi connectivity index (χ4n) is 1.66. The van der Waals surface area contributed by atoms with Crippen molar-refractivity contribution in [3.63, 3.8) is 0 Å². The molecule has 0 aliphatic rings. The zero-order valence-electron chi connectivity index (χ0n) is 9.31. The lowest BCUT2D eigenvalue weighted by molar-refractivity contribution is 0.112. The van der Waals surface area contributed by atoms with Crippen LogP contribution >= 0.6 is 11.6 Å². The van der Waals surface area contributed by atoms with Gasteiger partial charge in [0.1, 0.15) is 5.75 Å². The minimum absolute atomic E-state index is 0.540. The highest BCUT2D eigenvalue weighted by Gasteiger charge is 2.05. The normalized spacial score (nSPS) is 10.0. The maximum absolute atomic E-state index is 10.8. The van der Waals surface area contributed by atoms with Gasteiger partial charge in [0, 0.05) is 5.02 Å². The van der Waals surface area contributed by atoms with E-state index >= 15 is 0 Å². The average Bonchev–Trinajstić information content (AvgIpc) is 2.38. The van der Waals surface area contributed by atoms with Crippen molar-refractivity contribution in [2.75, 3.05) is 7.11 Å². The van der Waals surface area contributed by atoms with Gasteiger partial charge in [-0.05, 0) is 35.4 Å². The third kappa shape index (κ3) is 2.48. The summed E-state index contributed by atoms with van der Waals surface area (Å²) < 4.78 is 5.16. The molecule has 0 bridgehead atoms. The molecule has 0 unspecified atom stereocenters. The molecule has 0 fully saturated rings. The number of carbonyl (C=O) groups excluding carboxylic acids is 1. The SMILES string of the molecule is COc1cc(-c2cccc(Cl)c2)ccc1C=O. The predicted octanol–water partition coefficient (Wildman–Crippen LogP) is 3.83.